The maximum atomic E-state index is 12.7. The van der Waals surface area contributed by atoms with Crippen LogP contribution in [0.15, 0.2) is 48.5 Å². The van der Waals surface area contributed by atoms with Gasteiger partial charge in [0.05, 0.1) is 18.8 Å². The third-order valence-corrected chi connectivity index (χ3v) is 6.27. The van der Waals surface area contributed by atoms with E-state index in [9.17, 15) is 9.59 Å². The highest BCUT2D eigenvalue weighted by atomic mass is 35.5. The summed E-state index contributed by atoms with van der Waals surface area (Å²) in [6, 6.07) is 15.0. The molecule has 0 spiro atoms. The van der Waals surface area contributed by atoms with E-state index in [4.69, 9.17) is 16.3 Å². The van der Waals surface area contributed by atoms with Crippen molar-refractivity contribution in [2.75, 3.05) is 56.0 Å². The van der Waals surface area contributed by atoms with Crippen LogP contribution >= 0.6 is 11.6 Å². The minimum absolute atomic E-state index is 0.0225. The summed E-state index contributed by atoms with van der Waals surface area (Å²) in [7, 11) is 0. The van der Waals surface area contributed by atoms with Gasteiger partial charge in [-0.15, -0.1) is 0 Å². The molecule has 0 aromatic heterocycles. The molecule has 7 nitrogen and oxygen atoms in total. The minimum atomic E-state index is -0.0500. The van der Waals surface area contributed by atoms with Crippen molar-refractivity contribution in [3.05, 3.63) is 59.1 Å². The van der Waals surface area contributed by atoms with E-state index in [0.29, 0.717) is 43.3 Å². The molecule has 2 aromatic rings. The van der Waals surface area contributed by atoms with Crippen LogP contribution in [0.25, 0.3) is 0 Å². The summed E-state index contributed by atoms with van der Waals surface area (Å²) in [6.07, 6.45) is 0.406. The van der Waals surface area contributed by atoms with Crippen molar-refractivity contribution in [2.24, 2.45) is 0 Å². The monoisotopic (exact) mass is 470 g/mol. The van der Waals surface area contributed by atoms with Crippen molar-refractivity contribution in [3.8, 4) is 0 Å². The van der Waals surface area contributed by atoms with E-state index in [1.807, 2.05) is 29.2 Å². The van der Waals surface area contributed by atoms with E-state index >= 15 is 0 Å². The van der Waals surface area contributed by atoms with Gasteiger partial charge in [-0.3, -0.25) is 14.5 Å². The van der Waals surface area contributed by atoms with Crippen molar-refractivity contribution < 1.29 is 14.3 Å². The van der Waals surface area contributed by atoms with Crippen LogP contribution in [0.4, 0.5) is 11.4 Å². The first-order valence-electron chi connectivity index (χ1n) is 11.4. The van der Waals surface area contributed by atoms with Crippen molar-refractivity contribution in [1.82, 2.24) is 9.80 Å². The normalized spacial score (nSPS) is 21.7. The van der Waals surface area contributed by atoms with Crippen LogP contribution in [0.1, 0.15) is 24.2 Å². The zero-order chi connectivity index (χ0) is 23.4. The highest BCUT2D eigenvalue weighted by Gasteiger charge is 2.24. The highest BCUT2D eigenvalue weighted by Crippen LogP contribution is 2.22. The van der Waals surface area contributed by atoms with E-state index in [-0.39, 0.29) is 24.0 Å². The fourth-order valence-electron chi connectivity index (χ4n) is 4.46. The van der Waals surface area contributed by atoms with Crippen molar-refractivity contribution in [3.63, 3.8) is 0 Å². The van der Waals surface area contributed by atoms with Gasteiger partial charge in [-0.05, 0) is 56.3 Å². The highest BCUT2D eigenvalue weighted by molar-refractivity contribution is 6.30. The topological polar surface area (TPSA) is 65.1 Å². The number of anilines is 2. The number of carbonyl (C=O) groups is 2. The number of benzene rings is 2. The van der Waals surface area contributed by atoms with Crippen LogP contribution in [-0.4, -0.2) is 79.6 Å². The lowest BCUT2D eigenvalue weighted by atomic mass is 10.2. The van der Waals surface area contributed by atoms with Gasteiger partial charge < -0.3 is 19.9 Å². The first-order chi connectivity index (χ1) is 15.9. The molecule has 0 radical (unpaired) electrons. The molecule has 33 heavy (non-hydrogen) atoms. The number of carbonyl (C=O) groups excluding carboxylic acids is 2. The summed E-state index contributed by atoms with van der Waals surface area (Å²) in [5.41, 5.74) is 2.52. The molecule has 0 aliphatic carbocycles. The molecule has 8 heteroatoms. The second kappa shape index (κ2) is 10.5. The number of amides is 2. The lowest BCUT2D eigenvalue weighted by Gasteiger charge is -2.37. The Balaban J connectivity index is 1.24. The molecule has 2 saturated heterocycles. The summed E-state index contributed by atoms with van der Waals surface area (Å²) in [5, 5.41) is 3.54. The Hall–Kier alpha value is -2.61. The molecular weight excluding hydrogens is 440 g/mol. The third kappa shape index (κ3) is 6.25. The molecule has 2 aliphatic rings. The molecule has 2 unspecified atom stereocenters. The number of morpholine rings is 1. The molecule has 4 rings (SSSR count). The second-order valence-corrected chi connectivity index (χ2v) is 9.27. The van der Waals surface area contributed by atoms with Crippen LogP contribution in [0.3, 0.4) is 0 Å². The number of ether oxygens (including phenoxy) is 1. The standard InChI is InChI=1S/C25H31ClN4O3/c1-18-15-30(16-19(2)33-18)23-8-6-22(7-9-23)27-24(31)17-28-10-12-29(13-11-28)25(32)20-4-3-5-21(26)14-20/h3-9,14,18-19H,10-13,15-17H2,1-2H3,(H,27,31). The van der Waals surface area contributed by atoms with E-state index in [1.165, 1.54) is 0 Å². The summed E-state index contributed by atoms with van der Waals surface area (Å²) < 4.78 is 5.80. The number of hydrogen-bond acceptors (Lipinski definition) is 5. The fraction of sp³-hybridized carbons (Fsp3) is 0.440. The van der Waals surface area contributed by atoms with Gasteiger partial charge in [0.1, 0.15) is 0 Å². The van der Waals surface area contributed by atoms with Gasteiger partial charge in [-0.25, -0.2) is 0 Å². The molecule has 2 aromatic carbocycles. The van der Waals surface area contributed by atoms with Crippen LogP contribution in [0.5, 0.6) is 0 Å². The van der Waals surface area contributed by atoms with E-state index in [0.717, 1.165) is 24.5 Å². The first-order valence-corrected chi connectivity index (χ1v) is 11.8. The predicted octanol–water partition coefficient (Wildman–Crippen LogP) is 3.35. The maximum Gasteiger partial charge on any atom is 0.253 e. The summed E-state index contributed by atoms with van der Waals surface area (Å²) in [6.45, 7) is 8.70. The molecule has 1 N–H and O–H groups in total. The average molecular weight is 471 g/mol. The molecule has 176 valence electrons. The number of hydrogen-bond donors (Lipinski definition) is 1. The summed E-state index contributed by atoms with van der Waals surface area (Å²) in [4.78, 5) is 31.4. The quantitative estimate of drug-likeness (QED) is 0.726. The van der Waals surface area contributed by atoms with Crippen molar-refractivity contribution >= 4 is 34.8 Å². The van der Waals surface area contributed by atoms with Crippen LogP contribution in [0, 0.1) is 0 Å². The van der Waals surface area contributed by atoms with Gasteiger partial charge >= 0.3 is 0 Å². The van der Waals surface area contributed by atoms with Gasteiger partial charge in [-0.2, -0.15) is 0 Å². The van der Waals surface area contributed by atoms with E-state index in [2.05, 4.69) is 29.0 Å². The lowest BCUT2D eigenvalue weighted by molar-refractivity contribution is -0.117. The van der Waals surface area contributed by atoms with E-state index in [1.54, 1.807) is 24.3 Å². The lowest BCUT2D eigenvalue weighted by Crippen LogP contribution is -2.50. The van der Waals surface area contributed by atoms with Crippen LogP contribution < -0.4 is 10.2 Å². The fourth-order valence-corrected chi connectivity index (χ4v) is 4.65. The SMILES string of the molecule is CC1CN(c2ccc(NC(=O)CN3CCN(C(=O)c4cccc(Cl)c4)CC3)cc2)CC(C)O1. The Labute approximate surface area is 200 Å². The Morgan fingerprint density at radius 2 is 1.67 bits per heavy atom. The zero-order valence-electron chi connectivity index (χ0n) is 19.2. The largest absolute Gasteiger partial charge is 0.372 e. The average Bonchev–Trinajstić information content (AvgIpc) is 2.79. The molecule has 2 fully saturated rings. The molecule has 2 amide bonds. The van der Waals surface area contributed by atoms with Crippen molar-refractivity contribution in [2.45, 2.75) is 26.1 Å². The predicted molar refractivity (Wildman–Crippen MR) is 131 cm³/mol. The molecule has 0 bridgehead atoms. The van der Waals surface area contributed by atoms with Crippen LogP contribution in [0.2, 0.25) is 5.02 Å². The van der Waals surface area contributed by atoms with Crippen LogP contribution in [-0.2, 0) is 9.53 Å². The van der Waals surface area contributed by atoms with E-state index < -0.39 is 0 Å². The second-order valence-electron chi connectivity index (χ2n) is 8.84. The minimum Gasteiger partial charge on any atom is -0.372 e. The van der Waals surface area contributed by atoms with Gasteiger partial charge in [0, 0.05) is 61.2 Å². The number of piperazine rings is 1. The zero-order valence-corrected chi connectivity index (χ0v) is 19.9. The number of rotatable bonds is 5. The van der Waals surface area contributed by atoms with Crippen molar-refractivity contribution in [1.29, 1.82) is 0 Å². The first kappa shape index (κ1) is 23.5. The third-order valence-electron chi connectivity index (χ3n) is 6.03. The smallest absolute Gasteiger partial charge is 0.253 e. The van der Waals surface area contributed by atoms with Gasteiger partial charge in [0.2, 0.25) is 5.91 Å². The molecule has 2 aliphatic heterocycles. The molecule has 2 atom stereocenters. The summed E-state index contributed by atoms with van der Waals surface area (Å²) >= 11 is 6.00. The summed E-state index contributed by atoms with van der Waals surface area (Å²) in [5.74, 6) is -0.0725. The number of nitrogens with zero attached hydrogens (tertiary/aromatic N) is 3. The number of halogens is 1. The molecule has 2 heterocycles. The van der Waals surface area contributed by atoms with Gasteiger partial charge in [0.25, 0.3) is 5.91 Å². The Morgan fingerprint density at radius 1 is 1.00 bits per heavy atom. The number of nitrogens with one attached hydrogen (secondary N) is 1. The van der Waals surface area contributed by atoms with Gasteiger partial charge in [-0.1, -0.05) is 17.7 Å². The Morgan fingerprint density at radius 3 is 2.30 bits per heavy atom. The molecular formula is C25H31ClN4O3. The molecule has 0 saturated carbocycles. The van der Waals surface area contributed by atoms with Gasteiger partial charge in [0.15, 0.2) is 0 Å². The maximum absolute atomic E-state index is 12.7. The Kier molecular flexibility index (Phi) is 7.53. The Bertz CT molecular complexity index is 966.